The molecule has 2 unspecified atom stereocenters. The van der Waals surface area contributed by atoms with Crippen LogP contribution in [0.2, 0.25) is 5.02 Å². The first-order valence-electron chi connectivity index (χ1n) is 9.33. The molecule has 0 radical (unpaired) electrons. The number of carbonyl (C=O) groups excluding carboxylic acids is 1. The molecule has 2 aromatic rings. The Balaban J connectivity index is 1.60. The minimum atomic E-state index is -0.548. The topological polar surface area (TPSA) is 89.0 Å². The maximum Gasteiger partial charge on any atom is 0.310 e. The average molecular weight is 406 g/mol. The number of hydrogen-bond acceptors (Lipinski definition) is 7. The standard InChI is InChI=1S/C19H21ClFN5O2/c1-28-19(27)11-4-2-3-5-15(11)25-18-14(21)9-24-17(26-18)13-8-23-16-12(13)6-10(20)7-22-16/h6-7,9,11,13,15H,2-5,8H2,1H3,(H,22,23)(H,24,25,26)/t11?,13?,15-/m0/s1. The molecule has 1 saturated carbocycles. The van der Waals surface area contributed by atoms with E-state index in [1.807, 2.05) is 6.07 Å². The van der Waals surface area contributed by atoms with Gasteiger partial charge in [0.25, 0.3) is 0 Å². The Morgan fingerprint density at radius 3 is 2.96 bits per heavy atom. The largest absolute Gasteiger partial charge is 0.469 e. The molecule has 0 saturated heterocycles. The molecule has 4 rings (SSSR count). The van der Waals surface area contributed by atoms with Gasteiger partial charge in [-0.15, -0.1) is 0 Å². The van der Waals surface area contributed by atoms with Crippen molar-refractivity contribution in [2.45, 2.75) is 37.6 Å². The molecule has 3 heterocycles. The second kappa shape index (κ2) is 7.87. The number of pyridine rings is 1. The van der Waals surface area contributed by atoms with Crippen molar-refractivity contribution in [1.29, 1.82) is 0 Å². The molecule has 28 heavy (non-hydrogen) atoms. The summed E-state index contributed by atoms with van der Waals surface area (Å²) in [5.74, 6) is 0.00201. The molecule has 148 valence electrons. The zero-order valence-corrected chi connectivity index (χ0v) is 16.2. The summed E-state index contributed by atoms with van der Waals surface area (Å²) in [7, 11) is 1.38. The minimum Gasteiger partial charge on any atom is -0.469 e. The molecule has 1 aliphatic heterocycles. The molecule has 3 atom stereocenters. The number of ether oxygens (including phenoxy) is 1. The zero-order valence-electron chi connectivity index (χ0n) is 15.4. The smallest absolute Gasteiger partial charge is 0.310 e. The number of aromatic nitrogens is 3. The minimum absolute atomic E-state index is 0.106. The van der Waals surface area contributed by atoms with Crippen molar-refractivity contribution in [1.82, 2.24) is 15.0 Å². The normalized spacial score (nSPS) is 23.6. The van der Waals surface area contributed by atoms with Crippen LogP contribution in [0.1, 0.15) is 43.0 Å². The Morgan fingerprint density at radius 1 is 1.32 bits per heavy atom. The lowest BCUT2D eigenvalue weighted by Crippen LogP contribution is -2.38. The number of fused-ring (bicyclic) bond motifs is 1. The van der Waals surface area contributed by atoms with Crippen molar-refractivity contribution in [2.75, 3.05) is 24.3 Å². The maximum absolute atomic E-state index is 14.4. The van der Waals surface area contributed by atoms with Crippen molar-refractivity contribution in [3.8, 4) is 0 Å². The first-order chi connectivity index (χ1) is 13.6. The highest BCUT2D eigenvalue weighted by molar-refractivity contribution is 6.30. The number of nitrogens with zero attached hydrogens (tertiary/aromatic N) is 3. The van der Waals surface area contributed by atoms with Gasteiger partial charge >= 0.3 is 5.97 Å². The lowest BCUT2D eigenvalue weighted by Gasteiger charge is -2.30. The van der Waals surface area contributed by atoms with E-state index in [4.69, 9.17) is 16.3 Å². The van der Waals surface area contributed by atoms with Crippen LogP contribution >= 0.6 is 11.6 Å². The first-order valence-corrected chi connectivity index (χ1v) is 9.70. The predicted molar refractivity (Wildman–Crippen MR) is 103 cm³/mol. The summed E-state index contributed by atoms with van der Waals surface area (Å²) in [5.41, 5.74) is 0.884. The Kier molecular flexibility index (Phi) is 5.30. The van der Waals surface area contributed by atoms with Crippen molar-refractivity contribution >= 4 is 29.2 Å². The number of esters is 1. The van der Waals surface area contributed by atoms with Crippen LogP contribution in [0, 0.1) is 11.7 Å². The van der Waals surface area contributed by atoms with Crippen LogP contribution in [-0.4, -0.2) is 40.6 Å². The van der Waals surface area contributed by atoms with E-state index in [-0.39, 0.29) is 29.7 Å². The van der Waals surface area contributed by atoms with Gasteiger partial charge in [-0.3, -0.25) is 4.79 Å². The summed E-state index contributed by atoms with van der Waals surface area (Å²) in [4.78, 5) is 25.0. The van der Waals surface area contributed by atoms with E-state index in [1.165, 1.54) is 7.11 Å². The SMILES string of the molecule is COC(=O)C1CCCC[C@@H]1Nc1nc(C2CNc3ncc(Cl)cc32)ncc1F. The quantitative estimate of drug-likeness (QED) is 0.754. The van der Waals surface area contributed by atoms with Crippen LogP contribution in [0.15, 0.2) is 18.5 Å². The number of carbonyl (C=O) groups is 1. The Bertz CT molecular complexity index is 897. The van der Waals surface area contributed by atoms with Crippen molar-refractivity contribution < 1.29 is 13.9 Å². The van der Waals surface area contributed by atoms with Crippen molar-refractivity contribution in [3.63, 3.8) is 0 Å². The van der Waals surface area contributed by atoms with E-state index in [9.17, 15) is 9.18 Å². The highest BCUT2D eigenvalue weighted by Gasteiger charge is 2.33. The second-order valence-corrected chi connectivity index (χ2v) is 7.55. The molecule has 9 heteroatoms. The fraction of sp³-hybridized carbons (Fsp3) is 0.474. The Morgan fingerprint density at radius 2 is 2.14 bits per heavy atom. The van der Waals surface area contributed by atoms with Gasteiger partial charge in [-0.25, -0.2) is 19.3 Å². The monoisotopic (exact) mass is 405 g/mol. The van der Waals surface area contributed by atoms with Gasteiger partial charge in [-0.05, 0) is 18.9 Å². The average Bonchev–Trinajstić information content (AvgIpc) is 3.12. The molecule has 0 bridgehead atoms. The summed E-state index contributed by atoms with van der Waals surface area (Å²) in [6.45, 7) is 0.558. The first kappa shape index (κ1) is 18.9. The molecule has 0 aromatic carbocycles. The maximum atomic E-state index is 14.4. The van der Waals surface area contributed by atoms with E-state index in [2.05, 4.69) is 25.6 Å². The highest BCUT2D eigenvalue weighted by atomic mass is 35.5. The van der Waals surface area contributed by atoms with Gasteiger partial charge in [-0.2, -0.15) is 0 Å². The highest BCUT2D eigenvalue weighted by Crippen LogP contribution is 2.35. The molecular formula is C19H21ClFN5O2. The Labute approximate surface area is 167 Å². The molecule has 1 fully saturated rings. The van der Waals surface area contributed by atoms with Gasteiger partial charge in [0.05, 0.1) is 30.2 Å². The van der Waals surface area contributed by atoms with Gasteiger partial charge in [0.2, 0.25) is 0 Å². The number of rotatable bonds is 4. The molecule has 1 aliphatic carbocycles. The molecular weight excluding hydrogens is 385 g/mol. The van der Waals surface area contributed by atoms with E-state index < -0.39 is 5.82 Å². The van der Waals surface area contributed by atoms with Gasteiger partial charge in [0.15, 0.2) is 11.6 Å². The molecule has 2 aliphatic rings. The molecule has 2 N–H and O–H groups in total. The summed E-state index contributed by atoms with van der Waals surface area (Å²) < 4.78 is 19.3. The van der Waals surface area contributed by atoms with Crippen LogP contribution in [0.25, 0.3) is 0 Å². The number of methoxy groups -OCH3 is 1. The lowest BCUT2D eigenvalue weighted by atomic mass is 9.84. The third kappa shape index (κ3) is 3.61. The van der Waals surface area contributed by atoms with Gasteiger partial charge in [0.1, 0.15) is 11.6 Å². The van der Waals surface area contributed by atoms with Gasteiger partial charge < -0.3 is 15.4 Å². The van der Waals surface area contributed by atoms with Crippen LogP contribution in [0.3, 0.4) is 0 Å². The number of halogens is 2. The van der Waals surface area contributed by atoms with Crippen LogP contribution in [0.4, 0.5) is 16.0 Å². The van der Waals surface area contributed by atoms with Gasteiger partial charge in [-0.1, -0.05) is 24.4 Å². The summed E-state index contributed by atoms with van der Waals surface area (Å²) in [6.07, 6.45) is 6.13. The van der Waals surface area contributed by atoms with Gasteiger partial charge in [0, 0.05) is 24.3 Å². The molecule has 0 spiro atoms. The van der Waals surface area contributed by atoms with E-state index in [0.29, 0.717) is 23.8 Å². The van der Waals surface area contributed by atoms with E-state index in [1.54, 1.807) is 6.20 Å². The van der Waals surface area contributed by atoms with E-state index in [0.717, 1.165) is 36.8 Å². The number of hydrogen-bond donors (Lipinski definition) is 2. The molecule has 7 nitrogen and oxygen atoms in total. The predicted octanol–water partition coefficient (Wildman–Crippen LogP) is 3.37. The lowest BCUT2D eigenvalue weighted by molar-refractivity contribution is -0.146. The van der Waals surface area contributed by atoms with Crippen LogP contribution < -0.4 is 10.6 Å². The third-order valence-corrected chi connectivity index (χ3v) is 5.61. The van der Waals surface area contributed by atoms with Crippen LogP contribution in [-0.2, 0) is 9.53 Å². The van der Waals surface area contributed by atoms with Crippen molar-refractivity contribution in [3.05, 3.63) is 40.7 Å². The van der Waals surface area contributed by atoms with E-state index >= 15 is 0 Å². The summed E-state index contributed by atoms with van der Waals surface area (Å²) in [6, 6.07) is 1.60. The van der Waals surface area contributed by atoms with Crippen molar-refractivity contribution in [2.24, 2.45) is 5.92 Å². The summed E-state index contributed by atoms with van der Waals surface area (Å²) >= 11 is 6.07. The number of anilines is 2. The fourth-order valence-electron chi connectivity index (χ4n) is 3.97. The molecule has 2 aromatic heterocycles. The van der Waals surface area contributed by atoms with Crippen LogP contribution in [0.5, 0.6) is 0 Å². The number of nitrogens with one attached hydrogen (secondary N) is 2. The molecule has 0 amide bonds. The Hall–Kier alpha value is -2.48. The second-order valence-electron chi connectivity index (χ2n) is 7.11. The zero-order chi connectivity index (χ0) is 19.7. The third-order valence-electron chi connectivity index (χ3n) is 5.40. The summed E-state index contributed by atoms with van der Waals surface area (Å²) in [5, 5.41) is 6.84. The fourth-order valence-corrected chi connectivity index (χ4v) is 4.14.